The lowest BCUT2D eigenvalue weighted by Gasteiger charge is -2.09. The molecule has 0 aliphatic carbocycles. The molecule has 1 amide bonds. The maximum absolute atomic E-state index is 12.4. The first kappa shape index (κ1) is 16.7. The summed E-state index contributed by atoms with van der Waals surface area (Å²) in [7, 11) is 0. The average Bonchev–Trinajstić information content (AvgIpc) is 3.26. The molecule has 7 nitrogen and oxygen atoms in total. The van der Waals surface area contributed by atoms with Gasteiger partial charge in [-0.05, 0) is 18.4 Å². The first-order chi connectivity index (χ1) is 12.1. The second-order valence-corrected chi connectivity index (χ2v) is 6.14. The molecule has 0 bridgehead atoms. The third-order valence-electron chi connectivity index (χ3n) is 3.33. The monoisotopic (exact) mass is 354 g/mol. The van der Waals surface area contributed by atoms with Gasteiger partial charge < -0.3 is 9.84 Å². The molecule has 3 rings (SSSR count). The van der Waals surface area contributed by atoms with Crippen molar-refractivity contribution in [2.45, 2.75) is 13.5 Å². The van der Waals surface area contributed by atoms with Crippen LogP contribution in [0.4, 0.5) is 0 Å². The van der Waals surface area contributed by atoms with Crippen molar-refractivity contribution in [3.05, 3.63) is 45.7 Å². The summed E-state index contributed by atoms with van der Waals surface area (Å²) in [5.74, 6) is 2.38. The standard InChI is InChI=1S/C17H14N4O3S/c1-3-6-18-15(22)10-21-16(23)9-12(13-8-11(2)20-24-13)17(19-21)14-5-4-7-25-14/h1,4-5,7-9H,6,10H2,2H3,(H,18,22). The zero-order chi connectivity index (χ0) is 17.8. The summed E-state index contributed by atoms with van der Waals surface area (Å²) < 4.78 is 6.39. The maximum Gasteiger partial charge on any atom is 0.268 e. The highest BCUT2D eigenvalue weighted by molar-refractivity contribution is 7.13. The summed E-state index contributed by atoms with van der Waals surface area (Å²) in [6.45, 7) is 1.68. The van der Waals surface area contributed by atoms with Crippen molar-refractivity contribution in [2.75, 3.05) is 6.54 Å². The Hall–Kier alpha value is -3.18. The number of hydrogen-bond acceptors (Lipinski definition) is 6. The Morgan fingerprint density at radius 3 is 2.96 bits per heavy atom. The van der Waals surface area contributed by atoms with E-state index in [0.29, 0.717) is 22.7 Å². The Labute approximate surface area is 147 Å². The Morgan fingerprint density at radius 2 is 2.32 bits per heavy atom. The van der Waals surface area contributed by atoms with E-state index in [1.54, 1.807) is 13.0 Å². The van der Waals surface area contributed by atoms with Crippen molar-refractivity contribution in [1.29, 1.82) is 0 Å². The minimum atomic E-state index is -0.416. The van der Waals surface area contributed by atoms with Crippen molar-refractivity contribution >= 4 is 17.2 Å². The fraction of sp³-hybridized carbons (Fsp3) is 0.176. The summed E-state index contributed by atoms with van der Waals surface area (Å²) in [6, 6.07) is 6.90. The van der Waals surface area contributed by atoms with Gasteiger partial charge in [0.05, 0.1) is 22.7 Å². The fourth-order valence-corrected chi connectivity index (χ4v) is 2.94. The quantitative estimate of drug-likeness (QED) is 0.704. The van der Waals surface area contributed by atoms with Crippen LogP contribution < -0.4 is 10.9 Å². The van der Waals surface area contributed by atoms with E-state index in [0.717, 1.165) is 9.56 Å². The Balaban J connectivity index is 2.06. The van der Waals surface area contributed by atoms with E-state index in [1.807, 2.05) is 17.5 Å². The second kappa shape index (κ2) is 7.15. The van der Waals surface area contributed by atoms with Crippen LogP contribution in [0, 0.1) is 19.3 Å². The van der Waals surface area contributed by atoms with Crippen molar-refractivity contribution < 1.29 is 9.32 Å². The molecule has 3 heterocycles. The van der Waals surface area contributed by atoms with Crippen LogP contribution in [0.2, 0.25) is 0 Å². The Kier molecular flexibility index (Phi) is 4.77. The molecule has 126 valence electrons. The predicted octanol–water partition coefficient (Wildman–Crippen LogP) is 1.68. The molecule has 3 aromatic rings. The predicted molar refractivity (Wildman–Crippen MR) is 93.9 cm³/mol. The van der Waals surface area contributed by atoms with Crippen molar-refractivity contribution in [3.63, 3.8) is 0 Å². The summed E-state index contributed by atoms with van der Waals surface area (Å²) in [5, 5.41) is 12.6. The third kappa shape index (κ3) is 3.67. The smallest absolute Gasteiger partial charge is 0.268 e. The first-order valence-electron chi connectivity index (χ1n) is 7.38. The van der Waals surface area contributed by atoms with E-state index in [9.17, 15) is 9.59 Å². The number of amides is 1. The number of rotatable bonds is 5. The van der Waals surface area contributed by atoms with Gasteiger partial charge in [0, 0.05) is 12.1 Å². The van der Waals surface area contributed by atoms with Gasteiger partial charge >= 0.3 is 0 Å². The normalized spacial score (nSPS) is 10.4. The molecule has 0 aromatic carbocycles. The van der Waals surface area contributed by atoms with Gasteiger partial charge in [-0.2, -0.15) is 5.10 Å². The zero-order valence-corrected chi connectivity index (χ0v) is 14.2. The molecule has 0 atom stereocenters. The van der Waals surface area contributed by atoms with Crippen LogP contribution in [0.1, 0.15) is 5.69 Å². The highest BCUT2D eigenvalue weighted by atomic mass is 32.1. The number of hydrogen-bond donors (Lipinski definition) is 1. The molecule has 0 spiro atoms. The van der Waals surface area contributed by atoms with Crippen LogP contribution in [0.5, 0.6) is 0 Å². The van der Waals surface area contributed by atoms with Crippen molar-refractivity contribution in [3.8, 4) is 34.2 Å². The minimum absolute atomic E-state index is 0.0980. The molecule has 0 unspecified atom stereocenters. The Bertz CT molecular complexity index is 996. The molecular weight excluding hydrogens is 340 g/mol. The van der Waals surface area contributed by atoms with Crippen LogP contribution in [0.25, 0.3) is 21.9 Å². The summed E-state index contributed by atoms with van der Waals surface area (Å²) in [5.41, 5.74) is 1.37. The number of nitrogens with one attached hydrogen (secondary N) is 1. The molecule has 0 aliphatic rings. The number of aryl methyl sites for hydroxylation is 1. The number of nitrogens with zero attached hydrogens (tertiary/aromatic N) is 3. The van der Waals surface area contributed by atoms with Crippen LogP contribution in [0.15, 0.2) is 39.0 Å². The fourth-order valence-electron chi connectivity index (χ4n) is 2.22. The number of thiophene rings is 1. The lowest BCUT2D eigenvalue weighted by Crippen LogP contribution is -2.33. The summed E-state index contributed by atoms with van der Waals surface area (Å²) >= 11 is 1.47. The van der Waals surface area contributed by atoms with Gasteiger partial charge in [-0.15, -0.1) is 17.8 Å². The number of carbonyl (C=O) groups is 1. The molecule has 0 radical (unpaired) electrons. The lowest BCUT2D eigenvalue weighted by atomic mass is 10.1. The maximum atomic E-state index is 12.4. The van der Waals surface area contributed by atoms with E-state index in [-0.39, 0.29) is 19.0 Å². The van der Waals surface area contributed by atoms with E-state index in [4.69, 9.17) is 10.9 Å². The number of terminal acetylenes is 1. The molecular formula is C17H14N4O3S. The first-order valence-corrected chi connectivity index (χ1v) is 8.26. The lowest BCUT2D eigenvalue weighted by molar-refractivity contribution is -0.121. The number of aromatic nitrogens is 3. The third-order valence-corrected chi connectivity index (χ3v) is 4.20. The van der Waals surface area contributed by atoms with Crippen LogP contribution in [-0.2, 0) is 11.3 Å². The van der Waals surface area contributed by atoms with Crippen molar-refractivity contribution in [2.24, 2.45) is 0 Å². The summed E-state index contributed by atoms with van der Waals surface area (Å²) in [6.07, 6.45) is 5.11. The second-order valence-electron chi connectivity index (χ2n) is 5.19. The van der Waals surface area contributed by atoms with Gasteiger partial charge in [0.2, 0.25) is 5.91 Å². The summed E-state index contributed by atoms with van der Waals surface area (Å²) in [4.78, 5) is 25.1. The van der Waals surface area contributed by atoms with Crippen molar-refractivity contribution in [1.82, 2.24) is 20.3 Å². The molecule has 3 aromatic heterocycles. The van der Waals surface area contributed by atoms with Gasteiger partial charge in [-0.1, -0.05) is 17.1 Å². The minimum Gasteiger partial charge on any atom is -0.356 e. The molecule has 1 N–H and O–H groups in total. The van der Waals surface area contributed by atoms with E-state index >= 15 is 0 Å². The molecule has 0 saturated heterocycles. The molecule has 0 aliphatic heterocycles. The van der Waals surface area contributed by atoms with Crippen LogP contribution >= 0.6 is 11.3 Å². The van der Waals surface area contributed by atoms with E-state index < -0.39 is 5.56 Å². The Morgan fingerprint density at radius 1 is 1.48 bits per heavy atom. The molecule has 0 fully saturated rings. The highest BCUT2D eigenvalue weighted by Gasteiger charge is 2.18. The number of carbonyl (C=O) groups excluding carboxylic acids is 1. The molecule has 0 saturated carbocycles. The van der Waals surface area contributed by atoms with Gasteiger partial charge in [0.1, 0.15) is 12.2 Å². The SMILES string of the molecule is C#CCNC(=O)Cn1nc(-c2cccs2)c(-c2cc(C)no2)cc1=O. The van der Waals surface area contributed by atoms with Gasteiger partial charge in [0.15, 0.2) is 5.76 Å². The van der Waals surface area contributed by atoms with Gasteiger partial charge in [-0.25, -0.2) is 4.68 Å². The molecule has 8 heteroatoms. The largest absolute Gasteiger partial charge is 0.356 e. The van der Waals surface area contributed by atoms with Crippen LogP contribution in [-0.4, -0.2) is 27.4 Å². The highest BCUT2D eigenvalue weighted by Crippen LogP contribution is 2.32. The van der Waals surface area contributed by atoms with Crippen LogP contribution in [0.3, 0.4) is 0 Å². The van der Waals surface area contributed by atoms with E-state index in [1.165, 1.54) is 17.4 Å². The zero-order valence-electron chi connectivity index (χ0n) is 13.4. The van der Waals surface area contributed by atoms with E-state index in [2.05, 4.69) is 21.5 Å². The van der Waals surface area contributed by atoms with Gasteiger partial charge in [-0.3, -0.25) is 9.59 Å². The topological polar surface area (TPSA) is 90.0 Å². The van der Waals surface area contributed by atoms with Gasteiger partial charge in [0.25, 0.3) is 5.56 Å². The average molecular weight is 354 g/mol. The molecule has 25 heavy (non-hydrogen) atoms.